The Hall–Kier alpha value is -2.48. The number of urea groups is 1. The standard InChI is InChI=1S/C17H18FN3O4/c1-25-10-8-14-16(23)21(17(24)20(14)9-10)13-6-7-19(15(13)22)12-5-3-2-4-11(12)18/h2-5,10,13-14H,6-9H2,1H3. The molecule has 3 heterocycles. The number of ether oxygens (including phenoxy) is 1. The van der Waals surface area contributed by atoms with Crippen molar-refractivity contribution in [1.29, 1.82) is 0 Å². The number of hydrogen-bond donors (Lipinski definition) is 0. The van der Waals surface area contributed by atoms with Gasteiger partial charge in [0.05, 0.1) is 11.8 Å². The van der Waals surface area contributed by atoms with Gasteiger partial charge < -0.3 is 14.5 Å². The first-order valence-corrected chi connectivity index (χ1v) is 8.25. The van der Waals surface area contributed by atoms with Crippen molar-refractivity contribution in [1.82, 2.24) is 9.80 Å². The number of fused-ring (bicyclic) bond motifs is 1. The van der Waals surface area contributed by atoms with Gasteiger partial charge in [0.2, 0.25) is 0 Å². The van der Waals surface area contributed by atoms with Gasteiger partial charge in [0.1, 0.15) is 17.9 Å². The van der Waals surface area contributed by atoms with Crippen LogP contribution in [0, 0.1) is 5.82 Å². The molecular formula is C17H18FN3O4. The minimum absolute atomic E-state index is 0.158. The van der Waals surface area contributed by atoms with E-state index in [1.165, 1.54) is 21.9 Å². The summed E-state index contributed by atoms with van der Waals surface area (Å²) in [4.78, 5) is 41.9. The summed E-state index contributed by atoms with van der Waals surface area (Å²) in [6.45, 7) is 0.618. The average molecular weight is 347 g/mol. The average Bonchev–Trinajstić information content (AvgIpc) is 3.25. The molecule has 0 saturated carbocycles. The van der Waals surface area contributed by atoms with Gasteiger partial charge in [-0.1, -0.05) is 12.1 Å². The van der Waals surface area contributed by atoms with E-state index in [4.69, 9.17) is 4.74 Å². The fraction of sp³-hybridized carbons (Fsp3) is 0.471. The molecule has 3 aliphatic rings. The molecular weight excluding hydrogens is 329 g/mol. The lowest BCUT2D eigenvalue weighted by molar-refractivity contribution is -0.134. The lowest BCUT2D eigenvalue weighted by Crippen LogP contribution is -2.47. The molecule has 3 aliphatic heterocycles. The van der Waals surface area contributed by atoms with Gasteiger partial charge in [-0.05, 0) is 18.6 Å². The Labute approximate surface area is 143 Å². The van der Waals surface area contributed by atoms with Gasteiger partial charge >= 0.3 is 6.03 Å². The molecule has 3 fully saturated rings. The summed E-state index contributed by atoms with van der Waals surface area (Å²) in [6, 6.07) is 4.10. The summed E-state index contributed by atoms with van der Waals surface area (Å²) in [7, 11) is 1.55. The fourth-order valence-electron chi connectivity index (χ4n) is 3.91. The zero-order valence-corrected chi connectivity index (χ0v) is 13.7. The minimum Gasteiger partial charge on any atom is -0.380 e. The molecule has 25 heavy (non-hydrogen) atoms. The molecule has 3 saturated heterocycles. The van der Waals surface area contributed by atoms with E-state index < -0.39 is 29.8 Å². The number of halogens is 1. The number of rotatable bonds is 3. The maximum atomic E-state index is 14.0. The maximum absolute atomic E-state index is 14.0. The summed E-state index contributed by atoms with van der Waals surface area (Å²) in [5, 5.41) is 0. The molecule has 132 valence electrons. The number of anilines is 1. The van der Waals surface area contributed by atoms with Gasteiger partial charge in [0, 0.05) is 26.6 Å². The summed E-state index contributed by atoms with van der Waals surface area (Å²) in [6.07, 6.45) is 0.586. The van der Waals surface area contributed by atoms with Crippen molar-refractivity contribution in [2.45, 2.75) is 31.0 Å². The van der Waals surface area contributed by atoms with Crippen molar-refractivity contribution in [3.05, 3.63) is 30.1 Å². The Morgan fingerprint density at radius 1 is 1.12 bits per heavy atom. The third kappa shape index (κ3) is 2.31. The number of hydrogen-bond acceptors (Lipinski definition) is 4. The summed E-state index contributed by atoms with van der Waals surface area (Å²) < 4.78 is 19.2. The van der Waals surface area contributed by atoms with Gasteiger partial charge in [-0.2, -0.15) is 0 Å². The predicted molar refractivity (Wildman–Crippen MR) is 85.3 cm³/mol. The molecule has 1 aromatic rings. The molecule has 3 atom stereocenters. The topological polar surface area (TPSA) is 70.2 Å². The number of carbonyl (C=O) groups is 3. The number of amides is 4. The van der Waals surface area contributed by atoms with Crippen LogP contribution in [0.2, 0.25) is 0 Å². The fourth-order valence-corrected chi connectivity index (χ4v) is 3.91. The Morgan fingerprint density at radius 3 is 2.56 bits per heavy atom. The summed E-state index contributed by atoms with van der Waals surface area (Å²) in [5.74, 6) is -1.28. The highest BCUT2D eigenvalue weighted by atomic mass is 19.1. The molecule has 8 heteroatoms. The van der Waals surface area contributed by atoms with Crippen LogP contribution < -0.4 is 4.90 Å². The molecule has 3 unspecified atom stereocenters. The third-order valence-corrected chi connectivity index (χ3v) is 5.20. The Balaban J connectivity index is 1.56. The van der Waals surface area contributed by atoms with E-state index in [1.54, 1.807) is 19.2 Å². The van der Waals surface area contributed by atoms with Gasteiger partial charge in [0.25, 0.3) is 11.8 Å². The van der Waals surface area contributed by atoms with Crippen LogP contribution in [-0.2, 0) is 14.3 Å². The van der Waals surface area contributed by atoms with Crippen LogP contribution in [0.1, 0.15) is 12.8 Å². The first-order valence-electron chi connectivity index (χ1n) is 8.25. The molecule has 0 aliphatic carbocycles. The SMILES string of the molecule is COC1CC2C(=O)N(C3CCN(c4ccccc4F)C3=O)C(=O)N2C1. The number of para-hydroxylation sites is 1. The normalized spacial score (nSPS) is 29.1. The minimum atomic E-state index is -0.869. The number of nitrogens with zero attached hydrogens (tertiary/aromatic N) is 3. The van der Waals surface area contributed by atoms with Gasteiger partial charge in [-0.3, -0.25) is 9.59 Å². The van der Waals surface area contributed by atoms with Crippen molar-refractivity contribution in [3.63, 3.8) is 0 Å². The molecule has 7 nitrogen and oxygen atoms in total. The lowest BCUT2D eigenvalue weighted by atomic mass is 10.1. The molecule has 0 N–H and O–H groups in total. The van der Waals surface area contributed by atoms with Crippen LogP contribution >= 0.6 is 0 Å². The third-order valence-electron chi connectivity index (χ3n) is 5.20. The first-order chi connectivity index (χ1) is 12.0. The summed E-state index contributed by atoms with van der Waals surface area (Å²) >= 11 is 0. The van der Waals surface area contributed by atoms with E-state index in [2.05, 4.69) is 0 Å². The van der Waals surface area contributed by atoms with Crippen LogP contribution in [0.4, 0.5) is 14.9 Å². The lowest BCUT2D eigenvalue weighted by Gasteiger charge is -2.23. The Bertz CT molecular complexity index is 731. The number of imide groups is 1. The van der Waals surface area contributed by atoms with Crippen LogP contribution in [-0.4, -0.2) is 66.0 Å². The van der Waals surface area contributed by atoms with Crippen molar-refractivity contribution in [2.24, 2.45) is 0 Å². The highest BCUT2D eigenvalue weighted by Crippen LogP contribution is 2.34. The number of methoxy groups -OCH3 is 1. The molecule has 1 aromatic carbocycles. The molecule has 4 rings (SSSR count). The van der Waals surface area contributed by atoms with E-state index in [0.717, 1.165) is 4.90 Å². The Morgan fingerprint density at radius 2 is 1.88 bits per heavy atom. The highest BCUT2D eigenvalue weighted by molar-refractivity contribution is 6.11. The molecule has 4 amide bonds. The largest absolute Gasteiger partial charge is 0.380 e. The number of benzene rings is 1. The zero-order chi connectivity index (χ0) is 17.7. The van der Waals surface area contributed by atoms with Crippen LogP contribution in [0.25, 0.3) is 0 Å². The van der Waals surface area contributed by atoms with Crippen molar-refractivity contribution < 1.29 is 23.5 Å². The van der Waals surface area contributed by atoms with Gasteiger partial charge in [-0.15, -0.1) is 0 Å². The highest BCUT2D eigenvalue weighted by Gasteiger charge is 2.55. The second-order valence-corrected chi connectivity index (χ2v) is 6.50. The zero-order valence-electron chi connectivity index (χ0n) is 13.7. The summed E-state index contributed by atoms with van der Waals surface area (Å²) in [5.41, 5.74) is 0.175. The van der Waals surface area contributed by atoms with Crippen LogP contribution in [0.15, 0.2) is 24.3 Å². The van der Waals surface area contributed by atoms with Gasteiger partial charge in [0.15, 0.2) is 0 Å². The van der Waals surface area contributed by atoms with Crippen molar-refractivity contribution in [2.75, 3.05) is 25.1 Å². The van der Waals surface area contributed by atoms with E-state index in [1.807, 2.05) is 0 Å². The molecule has 0 spiro atoms. The van der Waals surface area contributed by atoms with E-state index in [-0.39, 0.29) is 24.2 Å². The van der Waals surface area contributed by atoms with E-state index in [0.29, 0.717) is 19.4 Å². The van der Waals surface area contributed by atoms with Crippen molar-refractivity contribution in [3.8, 4) is 0 Å². The van der Waals surface area contributed by atoms with E-state index >= 15 is 0 Å². The smallest absolute Gasteiger partial charge is 0.328 e. The maximum Gasteiger partial charge on any atom is 0.328 e. The second kappa shape index (κ2) is 5.80. The van der Waals surface area contributed by atoms with Gasteiger partial charge in [-0.25, -0.2) is 14.1 Å². The van der Waals surface area contributed by atoms with Crippen LogP contribution in [0.3, 0.4) is 0 Å². The van der Waals surface area contributed by atoms with Crippen molar-refractivity contribution >= 4 is 23.5 Å². The monoisotopic (exact) mass is 347 g/mol. The number of carbonyl (C=O) groups excluding carboxylic acids is 3. The predicted octanol–water partition coefficient (Wildman–Crippen LogP) is 0.982. The molecule has 0 radical (unpaired) electrons. The molecule has 0 aromatic heterocycles. The second-order valence-electron chi connectivity index (χ2n) is 6.50. The Kier molecular flexibility index (Phi) is 3.72. The van der Waals surface area contributed by atoms with E-state index in [9.17, 15) is 18.8 Å². The van der Waals surface area contributed by atoms with Crippen LogP contribution in [0.5, 0.6) is 0 Å². The molecule has 0 bridgehead atoms. The first kappa shape index (κ1) is 16.0. The quantitative estimate of drug-likeness (QED) is 0.765.